The molecule has 11 aromatic rings. The Labute approximate surface area is 409 Å². The Kier molecular flexibility index (Phi) is 7.55. The van der Waals surface area contributed by atoms with Crippen molar-refractivity contribution in [3.63, 3.8) is 0 Å². The molecule has 0 fully saturated rings. The van der Waals surface area contributed by atoms with Gasteiger partial charge in [-0.2, -0.15) is 0 Å². The van der Waals surface area contributed by atoms with Crippen LogP contribution in [0.3, 0.4) is 0 Å². The van der Waals surface area contributed by atoms with Crippen molar-refractivity contribution in [2.75, 3.05) is 4.90 Å². The zero-order valence-electron chi connectivity index (χ0n) is 41.1. The summed E-state index contributed by atoms with van der Waals surface area (Å²) < 4.78 is 7.07. The highest BCUT2D eigenvalue weighted by molar-refractivity contribution is 6.18. The van der Waals surface area contributed by atoms with Crippen molar-refractivity contribution in [3.05, 3.63) is 220 Å². The first-order chi connectivity index (χ1) is 33.8. The third-order valence-corrected chi connectivity index (χ3v) is 17.7. The molecule has 0 radical (unpaired) electrons. The Morgan fingerprint density at radius 3 is 1.20 bits per heavy atom. The Morgan fingerprint density at radius 1 is 0.300 bits per heavy atom. The van der Waals surface area contributed by atoms with Crippen molar-refractivity contribution in [1.29, 1.82) is 0 Å². The number of benzene rings is 10. The molecule has 15 rings (SSSR count). The van der Waals surface area contributed by atoms with Crippen LogP contribution in [-0.4, -0.2) is 0 Å². The Hall–Kier alpha value is -7.68. The third kappa shape index (κ3) is 4.75. The SMILES string of the molecule is CC1(C)c2ccccc2-c2ccc3c(c21)C(C)(C)c1cc(N(c2cc4c(c5ccccc25)-c2ccc5c(c2C4(C)C)C(C)(C)c2ccccc2-5)c2cccc4c2oc2ccccc24)c2ccccc2c1-3. The molecular formula is C68H53NO. The lowest BCUT2D eigenvalue weighted by Gasteiger charge is -2.33. The van der Waals surface area contributed by atoms with Gasteiger partial charge < -0.3 is 9.32 Å². The van der Waals surface area contributed by atoms with Gasteiger partial charge in [-0.1, -0.05) is 207 Å². The van der Waals surface area contributed by atoms with E-state index in [1.165, 1.54) is 111 Å². The fraction of sp³-hybridized carbons (Fsp3) is 0.176. The first-order valence-electron chi connectivity index (χ1n) is 25.2. The molecule has 0 aliphatic heterocycles. The van der Waals surface area contributed by atoms with Gasteiger partial charge in [0, 0.05) is 43.2 Å². The fourth-order valence-electron chi connectivity index (χ4n) is 14.7. The predicted molar refractivity (Wildman–Crippen MR) is 294 cm³/mol. The third-order valence-electron chi connectivity index (χ3n) is 17.7. The molecule has 0 unspecified atom stereocenters. The summed E-state index contributed by atoms with van der Waals surface area (Å²) in [6.45, 7) is 19.6. The number of hydrogen-bond acceptors (Lipinski definition) is 2. The van der Waals surface area contributed by atoms with E-state index in [0.29, 0.717) is 0 Å². The highest BCUT2D eigenvalue weighted by Gasteiger charge is 2.49. The molecule has 0 saturated carbocycles. The molecule has 0 atom stereocenters. The van der Waals surface area contributed by atoms with Crippen LogP contribution >= 0.6 is 0 Å². The predicted octanol–water partition coefficient (Wildman–Crippen LogP) is 18.6. The standard InChI is InChI=1S/C68H53NO/c1-65(2)50-28-16-13-20-38(50)45-32-34-48-58-43-25-11-9-22-40(43)55(36-52(58)67(5,6)62(48)60(45)65)69(54-30-19-27-47-42-24-15-18-31-57(42)70-64(47)54)56-37-53-59(44-26-12-10-23-41(44)56)49-35-33-46-39-21-14-17-29-51(39)66(3,4)61(46)63(49)68(53,7)8/h9-37H,1-8H3. The Balaban J connectivity index is 1.04. The molecule has 70 heavy (non-hydrogen) atoms. The summed E-state index contributed by atoms with van der Waals surface area (Å²) in [6.07, 6.45) is 0. The molecule has 4 aliphatic carbocycles. The van der Waals surface area contributed by atoms with E-state index in [0.717, 1.165) is 39.0 Å². The van der Waals surface area contributed by atoms with E-state index >= 15 is 0 Å². The first-order valence-corrected chi connectivity index (χ1v) is 25.2. The number of fused-ring (bicyclic) bond motifs is 21. The number of nitrogens with zero attached hydrogens (tertiary/aromatic N) is 1. The van der Waals surface area contributed by atoms with Gasteiger partial charge in [0.1, 0.15) is 5.58 Å². The number of anilines is 3. The molecule has 2 heteroatoms. The van der Waals surface area contributed by atoms with Crippen LogP contribution in [0.15, 0.2) is 180 Å². The van der Waals surface area contributed by atoms with Gasteiger partial charge in [0.05, 0.1) is 17.1 Å². The summed E-state index contributed by atoms with van der Waals surface area (Å²) in [5.74, 6) is 0. The van der Waals surface area contributed by atoms with Crippen LogP contribution < -0.4 is 4.90 Å². The molecule has 0 amide bonds. The maximum absolute atomic E-state index is 7.07. The van der Waals surface area contributed by atoms with Gasteiger partial charge in [-0.25, -0.2) is 0 Å². The van der Waals surface area contributed by atoms with E-state index in [-0.39, 0.29) is 21.7 Å². The van der Waals surface area contributed by atoms with Gasteiger partial charge >= 0.3 is 0 Å². The lowest BCUT2D eigenvalue weighted by atomic mass is 9.72. The van der Waals surface area contributed by atoms with Crippen molar-refractivity contribution in [2.45, 2.75) is 77.0 Å². The second-order valence-corrected chi connectivity index (χ2v) is 22.7. The quantitative estimate of drug-likeness (QED) is 0.176. The average molecular weight is 900 g/mol. The molecule has 0 spiro atoms. The van der Waals surface area contributed by atoms with Crippen molar-refractivity contribution >= 4 is 60.5 Å². The molecule has 0 N–H and O–H groups in total. The normalized spacial score (nSPS) is 16.5. The zero-order chi connectivity index (χ0) is 47.4. The van der Waals surface area contributed by atoms with Gasteiger partial charge in [-0.3, -0.25) is 0 Å². The molecule has 4 aliphatic rings. The lowest BCUT2D eigenvalue weighted by molar-refractivity contribution is 0.601. The van der Waals surface area contributed by atoms with Crippen LogP contribution in [0.5, 0.6) is 0 Å². The summed E-state index contributed by atoms with van der Waals surface area (Å²) >= 11 is 0. The van der Waals surface area contributed by atoms with E-state index in [4.69, 9.17) is 4.42 Å². The first kappa shape index (κ1) is 40.2. The van der Waals surface area contributed by atoms with Crippen LogP contribution in [0.1, 0.15) is 99.9 Å². The number of para-hydroxylation sites is 2. The van der Waals surface area contributed by atoms with E-state index in [2.05, 4.69) is 236 Å². The smallest absolute Gasteiger partial charge is 0.159 e. The van der Waals surface area contributed by atoms with Gasteiger partial charge in [-0.15, -0.1) is 0 Å². The highest BCUT2D eigenvalue weighted by atomic mass is 16.3. The van der Waals surface area contributed by atoms with Crippen molar-refractivity contribution < 1.29 is 4.42 Å². The summed E-state index contributed by atoms with van der Waals surface area (Å²) in [5, 5.41) is 7.21. The average Bonchev–Trinajstić information content (AvgIpc) is 4.08. The van der Waals surface area contributed by atoms with Crippen LogP contribution in [0, 0.1) is 0 Å². The van der Waals surface area contributed by atoms with Gasteiger partial charge in [0.2, 0.25) is 0 Å². The second kappa shape index (κ2) is 13.1. The van der Waals surface area contributed by atoms with E-state index in [1.54, 1.807) is 0 Å². The van der Waals surface area contributed by atoms with Crippen molar-refractivity contribution in [1.82, 2.24) is 0 Å². The molecule has 0 bridgehead atoms. The summed E-state index contributed by atoms with van der Waals surface area (Å²) in [4.78, 5) is 2.59. The minimum absolute atomic E-state index is 0.149. The van der Waals surface area contributed by atoms with Gasteiger partial charge in [-0.05, 0) is 124 Å². The topological polar surface area (TPSA) is 16.4 Å². The Bertz CT molecular complexity index is 3970. The molecule has 1 aromatic heterocycles. The van der Waals surface area contributed by atoms with Gasteiger partial charge in [0.25, 0.3) is 0 Å². The lowest BCUT2D eigenvalue weighted by Crippen LogP contribution is -2.24. The highest BCUT2D eigenvalue weighted by Crippen LogP contribution is 2.64. The number of rotatable bonds is 3. The van der Waals surface area contributed by atoms with Crippen molar-refractivity contribution in [2.24, 2.45) is 0 Å². The maximum Gasteiger partial charge on any atom is 0.159 e. The minimum Gasteiger partial charge on any atom is -0.454 e. The largest absolute Gasteiger partial charge is 0.454 e. The summed E-state index contributed by atoms with van der Waals surface area (Å²) in [5.41, 5.74) is 26.4. The van der Waals surface area contributed by atoms with E-state index in [1.807, 2.05) is 0 Å². The van der Waals surface area contributed by atoms with Crippen LogP contribution in [-0.2, 0) is 21.7 Å². The molecule has 2 nitrogen and oxygen atoms in total. The minimum atomic E-state index is -0.306. The van der Waals surface area contributed by atoms with Gasteiger partial charge in [0.15, 0.2) is 5.58 Å². The summed E-state index contributed by atoms with van der Waals surface area (Å²) in [6, 6.07) is 66.6. The maximum atomic E-state index is 7.07. The van der Waals surface area contributed by atoms with E-state index < -0.39 is 0 Å². The molecular weight excluding hydrogens is 847 g/mol. The fourth-order valence-corrected chi connectivity index (χ4v) is 14.7. The van der Waals surface area contributed by atoms with Crippen LogP contribution in [0.25, 0.3) is 88.0 Å². The monoisotopic (exact) mass is 899 g/mol. The van der Waals surface area contributed by atoms with Crippen LogP contribution in [0.2, 0.25) is 0 Å². The van der Waals surface area contributed by atoms with Crippen molar-refractivity contribution in [3.8, 4) is 44.5 Å². The molecule has 336 valence electrons. The molecule has 1 heterocycles. The van der Waals surface area contributed by atoms with Crippen LogP contribution in [0.4, 0.5) is 17.1 Å². The summed E-state index contributed by atoms with van der Waals surface area (Å²) in [7, 11) is 0. The zero-order valence-corrected chi connectivity index (χ0v) is 41.1. The number of hydrogen-bond donors (Lipinski definition) is 0. The molecule has 10 aromatic carbocycles. The molecule has 0 saturated heterocycles. The Morgan fingerprint density at radius 2 is 0.686 bits per heavy atom. The second-order valence-electron chi connectivity index (χ2n) is 22.7. The number of furan rings is 1. The van der Waals surface area contributed by atoms with E-state index in [9.17, 15) is 0 Å².